The van der Waals surface area contributed by atoms with Crippen molar-refractivity contribution >= 4 is 16.8 Å². The number of rotatable bonds is 2. The maximum Gasteiger partial charge on any atom is 0.267 e. The first-order chi connectivity index (χ1) is 7.63. The van der Waals surface area contributed by atoms with Crippen LogP contribution in [0, 0.1) is 6.92 Å². The molecule has 4 nitrogen and oxygen atoms in total. The fraction of sp³-hybridized carbons (Fsp3) is 0.250. The van der Waals surface area contributed by atoms with Crippen LogP contribution in [-0.4, -0.2) is 22.5 Å². The van der Waals surface area contributed by atoms with Crippen LogP contribution in [-0.2, 0) is 0 Å². The van der Waals surface area contributed by atoms with Crippen molar-refractivity contribution in [3.05, 3.63) is 29.5 Å². The third-order valence-corrected chi connectivity index (χ3v) is 2.61. The molecule has 1 aromatic carbocycles. The van der Waals surface area contributed by atoms with Crippen molar-refractivity contribution in [2.75, 3.05) is 6.54 Å². The van der Waals surface area contributed by atoms with E-state index in [4.69, 9.17) is 0 Å². The van der Waals surface area contributed by atoms with Crippen molar-refractivity contribution in [3.63, 3.8) is 0 Å². The Balaban J connectivity index is 2.56. The van der Waals surface area contributed by atoms with Crippen molar-refractivity contribution in [1.29, 1.82) is 0 Å². The van der Waals surface area contributed by atoms with Crippen molar-refractivity contribution in [2.24, 2.45) is 0 Å². The van der Waals surface area contributed by atoms with Gasteiger partial charge in [-0.3, -0.25) is 4.79 Å². The van der Waals surface area contributed by atoms with Gasteiger partial charge in [0.05, 0.1) is 0 Å². The summed E-state index contributed by atoms with van der Waals surface area (Å²) in [6.45, 7) is 4.34. The number of aromatic amines is 1. The van der Waals surface area contributed by atoms with E-state index >= 15 is 0 Å². The minimum atomic E-state index is -0.115. The number of aromatic hydroxyl groups is 1. The molecule has 0 saturated carbocycles. The van der Waals surface area contributed by atoms with Crippen molar-refractivity contribution < 1.29 is 9.90 Å². The van der Waals surface area contributed by atoms with Crippen LogP contribution in [0.2, 0.25) is 0 Å². The Bertz CT molecular complexity index is 543. The molecular formula is C12H14N2O2. The summed E-state index contributed by atoms with van der Waals surface area (Å²) < 4.78 is 0. The number of hydrogen-bond acceptors (Lipinski definition) is 2. The number of benzene rings is 1. The van der Waals surface area contributed by atoms with Gasteiger partial charge in [0.25, 0.3) is 5.91 Å². The van der Waals surface area contributed by atoms with E-state index in [0.717, 1.165) is 16.5 Å². The predicted molar refractivity (Wildman–Crippen MR) is 62.7 cm³/mol. The standard InChI is InChI=1S/C12H14N2O2/c1-3-13-12(16)11-7(2)9-6-8(15)4-5-10(9)14-11/h4-6,14-15H,3H2,1-2H3,(H,13,16). The van der Waals surface area contributed by atoms with Crippen molar-refractivity contribution in [1.82, 2.24) is 10.3 Å². The van der Waals surface area contributed by atoms with E-state index in [-0.39, 0.29) is 11.7 Å². The molecule has 16 heavy (non-hydrogen) atoms. The van der Waals surface area contributed by atoms with E-state index in [1.54, 1.807) is 18.2 Å². The molecule has 0 unspecified atom stereocenters. The molecule has 0 bridgehead atoms. The van der Waals surface area contributed by atoms with E-state index in [1.807, 2.05) is 13.8 Å². The zero-order chi connectivity index (χ0) is 11.7. The zero-order valence-electron chi connectivity index (χ0n) is 9.29. The lowest BCUT2D eigenvalue weighted by Gasteiger charge is -1.99. The molecular weight excluding hydrogens is 204 g/mol. The molecule has 4 heteroatoms. The summed E-state index contributed by atoms with van der Waals surface area (Å²) in [5, 5.41) is 13.0. The summed E-state index contributed by atoms with van der Waals surface area (Å²) in [5.41, 5.74) is 2.27. The molecule has 0 aliphatic rings. The van der Waals surface area contributed by atoms with Crippen LogP contribution in [0.5, 0.6) is 5.75 Å². The van der Waals surface area contributed by atoms with Crippen molar-refractivity contribution in [3.8, 4) is 5.75 Å². The number of carbonyl (C=O) groups is 1. The molecule has 0 aliphatic carbocycles. The van der Waals surface area contributed by atoms with Gasteiger partial charge in [-0.15, -0.1) is 0 Å². The van der Waals surface area contributed by atoms with Gasteiger partial charge in [-0.2, -0.15) is 0 Å². The van der Waals surface area contributed by atoms with E-state index in [0.29, 0.717) is 12.2 Å². The number of aryl methyl sites for hydroxylation is 1. The molecule has 3 N–H and O–H groups in total. The normalized spacial score (nSPS) is 10.6. The highest BCUT2D eigenvalue weighted by molar-refractivity contribution is 6.01. The highest BCUT2D eigenvalue weighted by atomic mass is 16.3. The molecule has 0 atom stereocenters. The molecule has 0 saturated heterocycles. The molecule has 0 aliphatic heterocycles. The number of H-pyrrole nitrogens is 1. The van der Waals surface area contributed by atoms with Crippen LogP contribution < -0.4 is 5.32 Å². The van der Waals surface area contributed by atoms with E-state index in [9.17, 15) is 9.90 Å². The fourth-order valence-electron chi connectivity index (χ4n) is 1.79. The number of amides is 1. The Morgan fingerprint density at radius 1 is 1.50 bits per heavy atom. The zero-order valence-corrected chi connectivity index (χ0v) is 9.29. The monoisotopic (exact) mass is 218 g/mol. The van der Waals surface area contributed by atoms with E-state index < -0.39 is 0 Å². The second-order valence-corrected chi connectivity index (χ2v) is 3.71. The number of phenolic OH excluding ortho intramolecular Hbond substituents is 1. The summed E-state index contributed by atoms with van der Waals surface area (Å²) in [6, 6.07) is 5.02. The lowest BCUT2D eigenvalue weighted by Crippen LogP contribution is -2.23. The first kappa shape index (κ1) is 10.5. The summed E-state index contributed by atoms with van der Waals surface area (Å²) in [7, 11) is 0. The average molecular weight is 218 g/mol. The van der Waals surface area contributed by atoms with Crippen LogP contribution >= 0.6 is 0 Å². The largest absolute Gasteiger partial charge is 0.508 e. The van der Waals surface area contributed by atoms with Gasteiger partial charge in [-0.25, -0.2) is 0 Å². The first-order valence-corrected chi connectivity index (χ1v) is 5.23. The lowest BCUT2D eigenvalue weighted by molar-refractivity contribution is 0.0951. The first-order valence-electron chi connectivity index (χ1n) is 5.23. The Morgan fingerprint density at radius 2 is 2.25 bits per heavy atom. The Hall–Kier alpha value is -1.97. The molecule has 84 valence electrons. The van der Waals surface area contributed by atoms with Gasteiger partial charge < -0.3 is 15.4 Å². The van der Waals surface area contributed by atoms with Gasteiger partial charge in [0.2, 0.25) is 0 Å². The molecule has 2 aromatic rings. The SMILES string of the molecule is CCNC(=O)c1[nH]c2ccc(O)cc2c1C. The fourth-order valence-corrected chi connectivity index (χ4v) is 1.79. The van der Waals surface area contributed by atoms with E-state index in [2.05, 4.69) is 10.3 Å². The van der Waals surface area contributed by atoms with Gasteiger partial charge >= 0.3 is 0 Å². The third kappa shape index (κ3) is 1.62. The summed E-state index contributed by atoms with van der Waals surface area (Å²) >= 11 is 0. The van der Waals surface area contributed by atoms with E-state index in [1.165, 1.54) is 0 Å². The van der Waals surface area contributed by atoms with Gasteiger partial charge in [-0.1, -0.05) is 0 Å². The molecule has 0 radical (unpaired) electrons. The summed E-state index contributed by atoms with van der Waals surface area (Å²) in [5.74, 6) is 0.0905. The minimum absolute atomic E-state index is 0.115. The molecule has 1 aromatic heterocycles. The molecule has 0 fully saturated rings. The third-order valence-electron chi connectivity index (χ3n) is 2.61. The maximum atomic E-state index is 11.7. The summed E-state index contributed by atoms with van der Waals surface area (Å²) in [4.78, 5) is 14.8. The van der Waals surface area contributed by atoms with Gasteiger partial charge in [0.1, 0.15) is 11.4 Å². The number of hydrogen-bond donors (Lipinski definition) is 3. The van der Waals surface area contributed by atoms with Gasteiger partial charge in [0.15, 0.2) is 0 Å². The number of fused-ring (bicyclic) bond motifs is 1. The van der Waals surface area contributed by atoms with Crippen LogP contribution in [0.4, 0.5) is 0 Å². The number of aromatic nitrogens is 1. The van der Waals surface area contributed by atoms with Gasteiger partial charge in [0, 0.05) is 17.4 Å². The molecule has 0 spiro atoms. The summed E-state index contributed by atoms with van der Waals surface area (Å²) in [6.07, 6.45) is 0. The quantitative estimate of drug-likeness (QED) is 0.721. The van der Waals surface area contributed by atoms with Crippen molar-refractivity contribution in [2.45, 2.75) is 13.8 Å². The van der Waals surface area contributed by atoms with Crippen LogP contribution in [0.3, 0.4) is 0 Å². The maximum absolute atomic E-state index is 11.7. The predicted octanol–water partition coefficient (Wildman–Crippen LogP) is 1.93. The second-order valence-electron chi connectivity index (χ2n) is 3.71. The molecule has 1 heterocycles. The average Bonchev–Trinajstić information content (AvgIpc) is 2.57. The molecule has 1 amide bonds. The Morgan fingerprint density at radius 3 is 2.94 bits per heavy atom. The Labute approximate surface area is 93.3 Å². The van der Waals surface area contributed by atoms with Crippen LogP contribution in [0.15, 0.2) is 18.2 Å². The number of phenols is 1. The second kappa shape index (κ2) is 3.89. The Kier molecular flexibility index (Phi) is 2.56. The lowest BCUT2D eigenvalue weighted by atomic mass is 10.1. The van der Waals surface area contributed by atoms with Gasteiger partial charge in [-0.05, 0) is 37.6 Å². The van der Waals surface area contributed by atoms with Crippen LogP contribution in [0.25, 0.3) is 10.9 Å². The topological polar surface area (TPSA) is 65.1 Å². The highest BCUT2D eigenvalue weighted by Crippen LogP contribution is 2.25. The number of carbonyl (C=O) groups excluding carboxylic acids is 1. The smallest absolute Gasteiger partial charge is 0.267 e. The number of nitrogens with one attached hydrogen (secondary N) is 2. The highest BCUT2D eigenvalue weighted by Gasteiger charge is 2.13. The molecule has 2 rings (SSSR count). The minimum Gasteiger partial charge on any atom is -0.508 e. The van der Waals surface area contributed by atoms with Crippen LogP contribution in [0.1, 0.15) is 23.0 Å².